The number of esters is 1. The van der Waals surface area contributed by atoms with Crippen LogP contribution in [0.5, 0.6) is 11.5 Å². The summed E-state index contributed by atoms with van der Waals surface area (Å²) in [6.45, 7) is 1.97. The number of aromatic nitrogens is 2. The summed E-state index contributed by atoms with van der Waals surface area (Å²) in [5, 5.41) is 17.1. The molecule has 2 saturated carbocycles. The summed E-state index contributed by atoms with van der Waals surface area (Å²) >= 11 is 2.21. The highest BCUT2D eigenvalue weighted by atomic mass is 32.2. The lowest BCUT2D eigenvalue weighted by Crippen LogP contribution is -2.26. The van der Waals surface area contributed by atoms with Gasteiger partial charge in [0, 0.05) is 30.3 Å². The van der Waals surface area contributed by atoms with E-state index in [1.165, 1.54) is 102 Å². The Bertz CT molecular complexity index is 2990. The number of carboxylic acid groups (broad SMARTS) is 1. The molecule has 2 unspecified atom stereocenters. The van der Waals surface area contributed by atoms with Gasteiger partial charge in [0.2, 0.25) is 12.2 Å². The zero-order valence-electron chi connectivity index (χ0n) is 36.5. The Labute approximate surface area is 405 Å². The second-order valence-corrected chi connectivity index (χ2v) is 21.5. The summed E-state index contributed by atoms with van der Waals surface area (Å²) in [6, 6.07) is 22.2. The Morgan fingerprint density at radius 1 is 0.638 bits per heavy atom. The molecular formula is C46H42BF2N4O12S4. The van der Waals surface area contributed by atoms with Crippen LogP contribution >= 0.6 is 22.7 Å². The van der Waals surface area contributed by atoms with Gasteiger partial charge in [-0.3, -0.25) is 29.8 Å². The number of hydrogen-bond donors (Lipinski definition) is 3. The topological polar surface area (TPSA) is 234 Å². The first kappa shape index (κ1) is 51.8. The Morgan fingerprint density at radius 3 is 1.36 bits per heavy atom. The van der Waals surface area contributed by atoms with Crippen molar-refractivity contribution in [2.24, 2.45) is 0 Å². The van der Waals surface area contributed by atoms with E-state index < -0.39 is 67.3 Å². The fourth-order valence-corrected chi connectivity index (χ4v) is 11.1. The van der Waals surface area contributed by atoms with Crippen LogP contribution in [0.2, 0.25) is 0 Å². The molecule has 8 rings (SSSR count). The van der Waals surface area contributed by atoms with E-state index in [4.69, 9.17) is 19.3 Å². The Morgan fingerprint density at radius 2 is 1.01 bits per heavy atom. The molecule has 2 atom stereocenters. The normalized spacial score (nSPS) is 14.1. The number of aliphatic carboxylic acids is 1. The summed E-state index contributed by atoms with van der Waals surface area (Å²) in [7, 11) is -6.77. The van der Waals surface area contributed by atoms with Crippen molar-refractivity contribution in [1.82, 2.24) is 9.97 Å². The molecule has 0 aliphatic heterocycles. The van der Waals surface area contributed by atoms with Crippen LogP contribution in [-0.2, 0) is 56.4 Å². The average Bonchev–Trinajstić information content (AvgIpc) is 4.26. The first-order valence-electron chi connectivity index (χ1n) is 20.9. The van der Waals surface area contributed by atoms with E-state index in [1.54, 1.807) is 12.3 Å². The zero-order chi connectivity index (χ0) is 48.6. The highest BCUT2D eigenvalue weighted by Crippen LogP contribution is 2.36. The summed E-state index contributed by atoms with van der Waals surface area (Å²) in [4.78, 5) is 57.4. The van der Waals surface area contributed by atoms with Gasteiger partial charge in [0.25, 0.3) is 11.8 Å². The number of halogens is 2. The second-order valence-electron chi connectivity index (χ2n) is 15.3. The number of hydrogen-bond acceptors (Lipinski definition) is 15. The summed E-state index contributed by atoms with van der Waals surface area (Å²) < 4.78 is 93.1. The van der Waals surface area contributed by atoms with Gasteiger partial charge in [0.05, 0.1) is 51.1 Å². The van der Waals surface area contributed by atoms with E-state index in [9.17, 15) is 44.8 Å². The number of ether oxygens (including phenoxy) is 3. The monoisotopic (exact) mass is 1020 g/mol. The second kappa shape index (κ2) is 22.7. The molecule has 2 aliphatic rings. The Kier molecular flexibility index (Phi) is 17.1. The van der Waals surface area contributed by atoms with Gasteiger partial charge in [0.1, 0.15) is 23.1 Å². The standard InChI is InChI=1S/C24H23FN2O6S2.C22H19FN2O6S2.B/c1-2-32-21(28)13-17-14-34-24(26-17)27-23(29)22(33-18-7-5-16(25)6-8-18)15-3-9-19(10-4-15)35(30,31)20-11-12-20;23-14-3-5-16(6-4-14)31-20(21(28)25-22-24-15(12-32-22)11-19(26)27)13-1-7-17(8-2-13)33(29,30)18-9-10-18;/h3-10,14,20,22H,2,11-13H2,1H3,(H,26,27,29);1-8,12,18,20H,9-11H2,(H,26,27)(H,24,25,28);. The van der Waals surface area contributed by atoms with Crippen molar-refractivity contribution in [3.05, 3.63) is 142 Å². The molecule has 2 heterocycles. The van der Waals surface area contributed by atoms with E-state index in [0.717, 1.165) is 22.7 Å². The number of nitrogens with zero attached hydrogens (tertiary/aromatic N) is 2. The molecule has 4 aromatic carbocycles. The summed E-state index contributed by atoms with van der Waals surface area (Å²) in [5.41, 5.74) is 1.54. The molecule has 2 aliphatic carbocycles. The molecule has 69 heavy (non-hydrogen) atoms. The lowest BCUT2D eigenvalue weighted by molar-refractivity contribution is -0.142. The van der Waals surface area contributed by atoms with Crippen molar-refractivity contribution in [1.29, 1.82) is 0 Å². The van der Waals surface area contributed by atoms with Crippen LogP contribution in [0.1, 0.15) is 67.3 Å². The van der Waals surface area contributed by atoms with Gasteiger partial charge in [-0.2, -0.15) is 0 Å². The van der Waals surface area contributed by atoms with Crippen molar-refractivity contribution in [2.75, 3.05) is 17.2 Å². The third-order valence-electron chi connectivity index (χ3n) is 10.1. The van der Waals surface area contributed by atoms with Crippen molar-refractivity contribution in [2.45, 2.75) is 77.9 Å². The fraction of sp³-hybridized carbons (Fsp3) is 0.261. The lowest BCUT2D eigenvalue weighted by Gasteiger charge is -2.19. The minimum atomic E-state index is -3.39. The number of benzene rings is 4. The smallest absolute Gasteiger partial charge is 0.311 e. The minimum absolute atomic E-state index is 0. The maximum atomic E-state index is 13.3. The summed E-state index contributed by atoms with van der Waals surface area (Å²) in [6.07, 6.45) is -0.0915. The van der Waals surface area contributed by atoms with Gasteiger partial charge < -0.3 is 19.3 Å². The number of anilines is 2. The number of rotatable bonds is 19. The lowest BCUT2D eigenvalue weighted by atomic mass is 10.1. The number of sulfone groups is 2. The van der Waals surface area contributed by atoms with Crippen LogP contribution in [0.15, 0.2) is 118 Å². The molecule has 16 nitrogen and oxygen atoms in total. The molecule has 3 N–H and O–H groups in total. The first-order valence-corrected chi connectivity index (χ1v) is 25.7. The van der Waals surface area contributed by atoms with Crippen LogP contribution in [-0.4, -0.2) is 81.2 Å². The number of carbonyl (C=O) groups is 4. The third-order valence-corrected chi connectivity index (χ3v) is 16.3. The Balaban J connectivity index is 0.000000224. The molecular weight excluding hydrogens is 978 g/mol. The predicted molar refractivity (Wildman–Crippen MR) is 252 cm³/mol. The van der Waals surface area contributed by atoms with Gasteiger partial charge >= 0.3 is 11.9 Å². The van der Waals surface area contributed by atoms with Crippen LogP contribution in [0, 0.1) is 11.6 Å². The van der Waals surface area contributed by atoms with Crippen molar-refractivity contribution in [3.63, 3.8) is 0 Å². The van der Waals surface area contributed by atoms with Crippen molar-refractivity contribution < 1.29 is 64.1 Å². The minimum Gasteiger partial charge on any atom is -0.481 e. The third kappa shape index (κ3) is 14.0. The Hall–Kier alpha value is -6.56. The van der Waals surface area contributed by atoms with E-state index >= 15 is 0 Å². The maximum absolute atomic E-state index is 13.3. The molecule has 2 fully saturated rings. The maximum Gasteiger partial charge on any atom is 0.311 e. The summed E-state index contributed by atoms with van der Waals surface area (Å²) in [5.74, 6) is -3.07. The molecule has 0 spiro atoms. The average molecular weight is 1020 g/mol. The van der Waals surface area contributed by atoms with Crippen molar-refractivity contribution >= 4 is 84.8 Å². The molecule has 0 bridgehead atoms. The molecule has 3 radical (unpaired) electrons. The van der Waals surface area contributed by atoms with Crippen molar-refractivity contribution in [3.8, 4) is 11.5 Å². The molecule has 359 valence electrons. The molecule has 2 amide bonds. The molecule has 0 saturated heterocycles. The number of carboxylic acids is 1. The first-order chi connectivity index (χ1) is 32.5. The number of amides is 2. The van der Waals surface area contributed by atoms with Crippen LogP contribution in [0.3, 0.4) is 0 Å². The van der Waals surface area contributed by atoms with Crippen LogP contribution < -0.4 is 20.1 Å². The van der Waals surface area contributed by atoms with E-state index in [2.05, 4.69) is 20.6 Å². The molecule has 23 heteroatoms. The van der Waals surface area contributed by atoms with Gasteiger partial charge in [-0.25, -0.2) is 35.6 Å². The van der Waals surface area contributed by atoms with Gasteiger partial charge in [-0.05, 0) is 105 Å². The van der Waals surface area contributed by atoms with Crippen LogP contribution in [0.4, 0.5) is 19.0 Å². The highest BCUT2D eigenvalue weighted by Gasteiger charge is 2.38. The zero-order valence-corrected chi connectivity index (χ0v) is 39.7. The number of nitrogens with one attached hydrogen (secondary N) is 2. The van der Waals surface area contributed by atoms with E-state index in [0.29, 0.717) is 48.2 Å². The van der Waals surface area contributed by atoms with Gasteiger partial charge in [-0.1, -0.05) is 24.3 Å². The predicted octanol–water partition coefficient (Wildman–Crippen LogP) is 7.31. The van der Waals surface area contributed by atoms with E-state index in [-0.39, 0.29) is 69.9 Å². The van der Waals surface area contributed by atoms with Gasteiger partial charge in [-0.15, -0.1) is 22.7 Å². The number of thiazole rings is 2. The molecule has 2 aromatic heterocycles. The SMILES string of the molecule is CCOC(=O)Cc1csc(NC(=O)C(Oc2ccc(F)cc2)c2ccc(S(=O)(=O)C3CC3)cc2)n1.O=C(O)Cc1csc(NC(=O)C(Oc2ccc(F)cc2)c2ccc(S(=O)(=O)C3CC3)cc2)n1.[B]. The quantitative estimate of drug-likeness (QED) is 0.0534. The number of carbonyl (C=O) groups excluding carboxylic acids is 3. The molecule has 6 aromatic rings. The fourth-order valence-electron chi connectivity index (χ4n) is 6.40. The van der Waals surface area contributed by atoms with Crippen LogP contribution in [0.25, 0.3) is 0 Å². The van der Waals surface area contributed by atoms with Gasteiger partial charge in [0.15, 0.2) is 29.9 Å². The van der Waals surface area contributed by atoms with E-state index in [1.807, 2.05) is 0 Å². The largest absolute Gasteiger partial charge is 0.481 e. The highest BCUT2D eigenvalue weighted by molar-refractivity contribution is 7.92.